The van der Waals surface area contributed by atoms with E-state index in [4.69, 9.17) is 15.2 Å². The van der Waals surface area contributed by atoms with Crippen molar-refractivity contribution in [2.24, 2.45) is 13.0 Å². The van der Waals surface area contributed by atoms with Crippen LogP contribution in [0.4, 0.5) is 10.7 Å². The molecule has 5 N–H and O–H groups in total. The Morgan fingerprint density at radius 3 is 2.90 bits per heavy atom. The molecule has 1 fully saturated rings. The molecule has 1 saturated heterocycles. The summed E-state index contributed by atoms with van der Waals surface area (Å²) in [5, 5.41) is 13.6. The number of aliphatic hydroxyl groups is 1. The first-order valence-electron chi connectivity index (χ1n) is 9.89. The van der Waals surface area contributed by atoms with E-state index < -0.39 is 24.3 Å². The smallest absolute Gasteiger partial charge is 0.407 e. The average molecular weight is 429 g/mol. The Morgan fingerprint density at radius 2 is 2.16 bits per heavy atom. The fraction of sp³-hybridized carbons (Fsp3) is 0.400. The number of carbonyl (C=O) groups is 1. The van der Waals surface area contributed by atoms with Crippen molar-refractivity contribution in [1.82, 2.24) is 19.9 Å². The third-order valence-electron chi connectivity index (χ3n) is 5.45. The first-order chi connectivity index (χ1) is 14.8. The van der Waals surface area contributed by atoms with Crippen LogP contribution in [0.25, 0.3) is 11.2 Å². The van der Waals surface area contributed by atoms with Gasteiger partial charge in [-0.25, -0.2) is 9.36 Å². The number of aromatic nitrogens is 4. The average Bonchev–Trinajstić information content (AvgIpc) is 3.21. The van der Waals surface area contributed by atoms with Crippen molar-refractivity contribution in [3.8, 4) is 0 Å². The third-order valence-corrected chi connectivity index (χ3v) is 5.45. The number of hydrogen-bond acceptors (Lipinski definition) is 7. The Kier molecular flexibility index (Phi) is 5.61. The molecule has 0 aliphatic carbocycles. The minimum atomic E-state index is -0.956. The summed E-state index contributed by atoms with van der Waals surface area (Å²) >= 11 is 0. The van der Waals surface area contributed by atoms with Gasteiger partial charge in [-0.1, -0.05) is 30.3 Å². The number of benzene rings is 1. The van der Waals surface area contributed by atoms with Gasteiger partial charge in [-0.3, -0.25) is 9.78 Å². The molecule has 31 heavy (non-hydrogen) atoms. The molecule has 164 valence electrons. The second-order valence-electron chi connectivity index (χ2n) is 7.59. The van der Waals surface area contributed by atoms with Crippen LogP contribution in [0.2, 0.25) is 0 Å². The normalized spacial score (nSPS) is 23.2. The van der Waals surface area contributed by atoms with Gasteiger partial charge in [-0.2, -0.15) is 9.55 Å². The van der Waals surface area contributed by atoms with Crippen molar-refractivity contribution in [3.63, 3.8) is 0 Å². The summed E-state index contributed by atoms with van der Waals surface area (Å²) in [5.41, 5.74) is 6.79. The number of alkyl carbamates (subject to hydrolysis) is 1. The molecule has 1 aromatic carbocycles. The van der Waals surface area contributed by atoms with Gasteiger partial charge >= 0.3 is 11.7 Å². The van der Waals surface area contributed by atoms with Gasteiger partial charge in [-0.05, 0) is 12.5 Å². The van der Waals surface area contributed by atoms with Crippen LogP contribution in [0, 0.1) is 5.92 Å². The van der Waals surface area contributed by atoms with Gasteiger partial charge in [0.15, 0.2) is 0 Å². The summed E-state index contributed by atoms with van der Waals surface area (Å²) in [6.07, 6.45) is -1.07. The highest BCUT2D eigenvalue weighted by molar-refractivity contribution is 5.67. The van der Waals surface area contributed by atoms with Crippen molar-refractivity contribution in [1.29, 1.82) is 0 Å². The molecule has 1 amide bonds. The van der Waals surface area contributed by atoms with E-state index in [-0.39, 0.29) is 30.8 Å². The second-order valence-corrected chi connectivity index (χ2v) is 7.59. The summed E-state index contributed by atoms with van der Waals surface area (Å²) in [5.74, 6) is -0.422. The highest BCUT2D eigenvalue weighted by atomic mass is 16.5. The second kappa shape index (κ2) is 8.36. The van der Waals surface area contributed by atoms with Crippen molar-refractivity contribution in [2.45, 2.75) is 32.0 Å². The predicted octanol–water partition coefficient (Wildman–Crippen LogP) is -0.0479. The molecule has 3 aromatic rings. The maximum atomic E-state index is 12.2. The number of H-pyrrole nitrogens is 1. The molecule has 2 aromatic heterocycles. The number of nitrogen functional groups attached to an aromatic ring is 1. The monoisotopic (exact) mass is 429 g/mol. The fourth-order valence-electron chi connectivity index (χ4n) is 3.84. The van der Waals surface area contributed by atoms with Crippen LogP contribution < -0.4 is 21.2 Å². The molecule has 0 bridgehead atoms. The number of amides is 1. The number of nitrogens with two attached hydrogens (primary N) is 1. The predicted molar refractivity (Wildman–Crippen MR) is 110 cm³/mol. The zero-order valence-electron chi connectivity index (χ0n) is 17.2. The van der Waals surface area contributed by atoms with E-state index in [0.29, 0.717) is 11.2 Å². The van der Waals surface area contributed by atoms with E-state index >= 15 is 0 Å². The SMILES string of the molecule is C[C@H]1O[C@@H](n2c[n+](C)c3c(=O)[nH]c(N)nc32)[C@H](O)[C@@H]1CNC(=O)OCc1ccccc1. The Labute approximate surface area is 177 Å². The lowest BCUT2D eigenvalue weighted by molar-refractivity contribution is -0.646. The molecule has 0 spiro atoms. The molecule has 0 radical (unpaired) electrons. The number of fused-ring (bicyclic) bond motifs is 1. The minimum absolute atomic E-state index is 0.0302. The van der Waals surface area contributed by atoms with E-state index in [2.05, 4.69) is 15.3 Å². The number of rotatable bonds is 5. The summed E-state index contributed by atoms with van der Waals surface area (Å²) in [6, 6.07) is 9.35. The number of anilines is 1. The zero-order chi connectivity index (χ0) is 22.1. The Balaban J connectivity index is 1.44. The number of imidazole rings is 1. The Morgan fingerprint density at radius 1 is 1.42 bits per heavy atom. The molecule has 1 aliphatic heterocycles. The molecule has 3 heterocycles. The maximum Gasteiger partial charge on any atom is 0.407 e. The third kappa shape index (κ3) is 4.09. The fourth-order valence-corrected chi connectivity index (χ4v) is 3.84. The van der Waals surface area contributed by atoms with Crippen LogP contribution in [-0.4, -0.2) is 44.5 Å². The molecule has 0 saturated carbocycles. The standard InChI is InChI=1S/C20H24N6O5/c1-11-13(8-22-20(29)30-9-12-6-4-3-5-7-12)15(27)18(31-11)26-10-25(2)14-16(26)23-19(21)24-17(14)28/h3-7,10-11,13,15,18,27H,8-9H2,1-2H3,(H3-,21,22,23,24,28,29)/p+1/t11-,13-,15-,18-/m1/s1. The van der Waals surface area contributed by atoms with Gasteiger partial charge in [0.2, 0.25) is 18.5 Å². The minimum Gasteiger partial charge on any atom is -0.445 e. The van der Waals surface area contributed by atoms with E-state index in [1.165, 1.54) is 0 Å². The quantitative estimate of drug-likeness (QED) is 0.416. The number of nitrogens with one attached hydrogen (secondary N) is 2. The van der Waals surface area contributed by atoms with Crippen LogP contribution in [-0.2, 0) is 23.1 Å². The highest BCUT2D eigenvalue weighted by Gasteiger charge is 2.46. The molecular weight excluding hydrogens is 404 g/mol. The van der Waals surface area contributed by atoms with Gasteiger partial charge in [0, 0.05) is 12.5 Å². The molecule has 11 nitrogen and oxygen atoms in total. The van der Waals surface area contributed by atoms with Crippen LogP contribution in [0.5, 0.6) is 0 Å². The van der Waals surface area contributed by atoms with Gasteiger partial charge < -0.3 is 25.6 Å². The first-order valence-corrected chi connectivity index (χ1v) is 9.89. The molecule has 11 heteroatoms. The van der Waals surface area contributed by atoms with Crippen LogP contribution in [0.3, 0.4) is 0 Å². The number of aromatic amines is 1. The molecular formula is C20H25N6O5+. The van der Waals surface area contributed by atoms with Crippen molar-refractivity contribution < 1.29 is 23.9 Å². The van der Waals surface area contributed by atoms with Gasteiger partial charge in [0.1, 0.15) is 12.7 Å². The van der Waals surface area contributed by atoms with Crippen LogP contribution in [0.15, 0.2) is 41.5 Å². The maximum absolute atomic E-state index is 12.2. The van der Waals surface area contributed by atoms with Crippen LogP contribution >= 0.6 is 0 Å². The summed E-state index contributed by atoms with van der Waals surface area (Å²) in [6.45, 7) is 2.13. The summed E-state index contributed by atoms with van der Waals surface area (Å²) in [4.78, 5) is 30.9. The van der Waals surface area contributed by atoms with E-state index in [0.717, 1.165) is 5.56 Å². The lowest BCUT2D eigenvalue weighted by Gasteiger charge is -2.17. The number of nitrogens with zero attached hydrogens (tertiary/aromatic N) is 3. The highest BCUT2D eigenvalue weighted by Crippen LogP contribution is 2.34. The molecule has 4 rings (SSSR count). The van der Waals surface area contributed by atoms with E-state index in [1.54, 1.807) is 22.5 Å². The Bertz CT molecular complexity index is 1140. The van der Waals surface area contributed by atoms with Gasteiger partial charge in [-0.15, -0.1) is 0 Å². The lowest BCUT2D eigenvalue weighted by atomic mass is 9.99. The molecule has 0 unspecified atom stereocenters. The number of aryl methyl sites for hydroxylation is 1. The summed E-state index contributed by atoms with van der Waals surface area (Å²) < 4.78 is 14.3. The zero-order valence-corrected chi connectivity index (χ0v) is 17.2. The number of carbonyl (C=O) groups excluding carboxylic acids is 1. The Hall–Kier alpha value is -3.44. The van der Waals surface area contributed by atoms with Gasteiger partial charge in [0.05, 0.1) is 13.2 Å². The van der Waals surface area contributed by atoms with E-state index in [1.807, 2.05) is 37.3 Å². The topological polar surface area (TPSA) is 148 Å². The number of aliphatic hydroxyl groups excluding tert-OH is 1. The molecule has 4 atom stereocenters. The van der Waals surface area contributed by atoms with Crippen LogP contribution in [0.1, 0.15) is 18.7 Å². The van der Waals surface area contributed by atoms with Gasteiger partial charge in [0.25, 0.3) is 11.2 Å². The molecule has 1 aliphatic rings. The van der Waals surface area contributed by atoms with Crippen molar-refractivity contribution >= 4 is 23.2 Å². The van der Waals surface area contributed by atoms with E-state index in [9.17, 15) is 14.7 Å². The number of ether oxygens (including phenoxy) is 2. The first kappa shape index (κ1) is 20.8. The summed E-state index contributed by atoms with van der Waals surface area (Å²) in [7, 11) is 1.69. The van der Waals surface area contributed by atoms with Crippen molar-refractivity contribution in [3.05, 3.63) is 52.6 Å². The number of hydrogen-bond donors (Lipinski definition) is 4. The lowest BCUT2D eigenvalue weighted by Crippen LogP contribution is -2.37. The van der Waals surface area contributed by atoms with Crippen molar-refractivity contribution in [2.75, 3.05) is 12.3 Å². The largest absolute Gasteiger partial charge is 0.445 e.